The molecule has 144 valence electrons. The van der Waals surface area contributed by atoms with Gasteiger partial charge in [0.05, 0.1) is 16.8 Å². The van der Waals surface area contributed by atoms with E-state index >= 15 is 0 Å². The Bertz CT molecular complexity index is 1070. The average Bonchev–Trinajstić information content (AvgIpc) is 3.09. The van der Waals surface area contributed by atoms with Crippen LogP contribution in [0.4, 0.5) is 5.82 Å². The first-order chi connectivity index (χ1) is 13.6. The van der Waals surface area contributed by atoms with Crippen LogP contribution in [0, 0.1) is 6.92 Å². The smallest absolute Gasteiger partial charge is 0.253 e. The number of nitrogens with zero attached hydrogens (tertiary/aromatic N) is 2. The molecule has 1 aliphatic carbocycles. The van der Waals surface area contributed by atoms with Crippen molar-refractivity contribution >= 4 is 34.5 Å². The summed E-state index contributed by atoms with van der Waals surface area (Å²) >= 11 is 5.69. The molecule has 3 aromatic rings. The second-order valence-corrected chi connectivity index (χ2v) is 7.75. The first kappa shape index (κ1) is 17.5. The van der Waals surface area contributed by atoms with Crippen molar-refractivity contribution in [1.29, 1.82) is 0 Å². The van der Waals surface area contributed by atoms with Crippen LogP contribution >= 0.6 is 11.8 Å². The number of carbonyl (C=O) groups is 1. The van der Waals surface area contributed by atoms with Crippen molar-refractivity contribution < 1.29 is 4.79 Å². The molecular formula is C20H21ClN6O. The van der Waals surface area contributed by atoms with Gasteiger partial charge in [-0.2, -0.15) is 0 Å². The molecule has 2 aliphatic rings. The van der Waals surface area contributed by atoms with Crippen molar-refractivity contribution in [2.45, 2.75) is 38.3 Å². The van der Waals surface area contributed by atoms with Gasteiger partial charge < -0.3 is 15.6 Å². The molecule has 0 saturated heterocycles. The molecule has 1 aromatic carbocycles. The van der Waals surface area contributed by atoms with Crippen LogP contribution in [-0.2, 0) is 6.42 Å². The van der Waals surface area contributed by atoms with Gasteiger partial charge in [0.15, 0.2) is 0 Å². The Morgan fingerprint density at radius 1 is 1.18 bits per heavy atom. The number of aromatic nitrogens is 3. The number of H-pyrrole nitrogens is 1. The van der Waals surface area contributed by atoms with Gasteiger partial charge in [-0.15, -0.1) is 0 Å². The molecule has 0 bridgehead atoms. The lowest BCUT2D eigenvalue weighted by molar-refractivity contribution is 0.0946. The largest absolute Gasteiger partial charge is 0.366 e. The van der Waals surface area contributed by atoms with Gasteiger partial charge in [0.2, 0.25) is 0 Å². The fourth-order valence-electron chi connectivity index (χ4n) is 3.98. The summed E-state index contributed by atoms with van der Waals surface area (Å²) in [5.74, 6) is 0.771. The second-order valence-electron chi connectivity index (χ2n) is 7.53. The van der Waals surface area contributed by atoms with Gasteiger partial charge >= 0.3 is 0 Å². The number of anilines is 1. The molecule has 1 saturated carbocycles. The Labute approximate surface area is 167 Å². The highest BCUT2D eigenvalue weighted by Crippen LogP contribution is 2.31. The highest BCUT2D eigenvalue weighted by atomic mass is 35.5. The van der Waals surface area contributed by atoms with Crippen LogP contribution in [0.5, 0.6) is 0 Å². The van der Waals surface area contributed by atoms with Crippen molar-refractivity contribution in [1.82, 2.24) is 25.1 Å². The predicted octanol–water partition coefficient (Wildman–Crippen LogP) is 2.91. The van der Waals surface area contributed by atoms with Crippen molar-refractivity contribution in [2.75, 3.05) is 11.9 Å². The van der Waals surface area contributed by atoms with Gasteiger partial charge in [0.1, 0.15) is 11.3 Å². The van der Waals surface area contributed by atoms with Gasteiger partial charge in [-0.3, -0.25) is 4.79 Å². The summed E-state index contributed by atoms with van der Waals surface area (Å²) in [5, 5.41) is 6.38. The SMILES string of the molecule is Cc1nc2cccc(-c3cc4c([nH]3)CCNC4=O)c2nc1N[C@H]1C[C@H](NCl)C1. The number of halogens is 1. The summed E-state index contributed by atoms with van der Waals surface area (Å²) in [5.41, 5.74) is 6.06. The van der Waals surface area contributed by atoms with Crippen LogP contribution < -0.4 is 15.5 Å². The average molecular weight is 397 g/mol. The zero-order valence-corrected chi connectivity index (χ0v) is 16.2. The molecule has 1 aliphatic heterocycles. The topological polar surface area (TPSA) is 94.7 Å². The quantitative estimate of drug-likeness (QED) is 0.509. The number of hydrogen-bond donors (Lipinski definition) is 4. The third-order valence-electron chi connectivity index (χ3n) is 5.60. The van der Waals surface area contributed by atoms with Crippen LogP contribution in [0.15, 0.2) is 24.3 Å². The van der Waals surface area contributed by atoms with E-state index in [1.54, 1.807) is 0 Å². The van der Waals surface area contributed by atoms with E-state index in [0.717, 1.165) is 58.8 Å². The van der Waals surface area contributed by atoms with E-state index in [-0.39, 0.29) is 5.91 Å². The standard InChI is InChI=1S/C20H21ClN6O/c1-10-19(24-11-7-12(8-11)27-21)26-18-13(3-2-4-16(18)23-10)17-9-14-15(25-17)5-6-22-20(14)28/h2-4,9,11-12,25,27H,5-8H2,1H3,(H,22,28)(H,24,26)/t11-,12-. The van der Waals surface area contributed by atoms with E-state index in [0.29, 0.717) is 24.2 Å². The van der Waals surface area contributed by atoms with E-state index in [9.17, 15) is 4.79 Å². The summed E-state index contributed by atoms with van der Waals surface area (Å²) in [6, 6.07) is 8.56. The Kier molecular flexibility index (Phi) is 4.21. The lowest BCUT2D eigenvalue weighted by Gasteiger charge is -2.35. The van der Waals surface area contributed by atoms with Crippen LogP contribution in [0.3, 0.4) is 0 Å². The van der Waals surface area contributed by atoms with Crippen LogP contribution in [0.2, 0.25) is 0 Å². The van der Waals surface area contributed by atoms with Crippen molar-refractivity contribution in [3.63, 3.8) is 0 Å². The third-order valence-corrected chi connectivity index (χ3v) is 5.91. The maximum Gasteiger partial charge on any atom is 0.253 e. The molecule has 3 heterocycles. The number of rotatable bonds is 4. The lowest BCUT2D eigenvalue weighted by Crippen LogP contribution is -2.44. The molecule has 4 N–H and O–H groups in total. The Hall–Kier alpha value is -2.64. The summed E-state index contributed by atoms with van der Waals surface area (Å²) < 4.78 is 0. The highest BCUT2D eigenvalue weighted by Gasteiger charge is 2.29. The number of carbonyl (C=O) groups excluding carboxylic acids is 1. The number of amides is 1. The van der Waals surface area contributed by atoms with Crippen molar-refractivity contribution in [3.05, 3.63) is 41.2 Å². The fraction of sp³-hybridized carbons (Fsp3) is 0.350. The third kappa shape index (κ3) is 2.91. The molecular weight excluding hydrogens is 376 g/mol. The van der Waals surface area contributed by atoms with E-state index in [2.05, 4.69) is 20.5 Å². The molecule has 5 rings (SSSR count). The molecule has 0 spiro atoms. The van der Waals surface area contributed by atoms with Gasteiger partial charge in [-0.05, 0) is 43.7 Å². The highest BCUT2D eigenvalue weighted by molar-refractivity contribution is 6.13. The van der Waals surface area contributed by atoms with Crippen LogP contribution in [0.25, 0.3) is 22.3 Å². The van der Waals surface area contributed by atoms with Gasteiger partial charge in [0, 0.05) is 42.0 Å². The number of benzene rings is 1. The summed E-state index contributed by atoms with van der Waals surface area (Å²) in [4.78, 5) is 28.0. The zero-order chi connectivity index (χ0) is 19.3. The Balaban J connectivity index is 1.54. The van der Waals surface area contributed by atoms with Crippen LogP contribution in [0.1, 0.15) is 34.6 Å². The first-order valence-corrected chi connectivity index (χ1v) is 9.90. The van der Waals surface area contributed by atoms with E-state index in [4.69, 9.17) is 21.7 Å². The van der Waals surface area contributed by atoms with E-state index < -0.39 is 0 Å². The minimum Gasteiger partial charge on any atom is -0.366 e. The zero-order valence-electron chi connectivity index (χ0n) is 15.5. The molecule has 8 heteroatoms. The number of hydrogen-bond acceptors (Lipinski definition) is 5. The first-order valence-electron chi connectivity index (χ1n) is 9.53. The maximum atomic E-state index is 12.1. The molecule has 0 atom stereocenters. The number of para-hydroxylation sites is 1. The molecule has 0 radical (unpaired) electrons. The second kappa shape index (κ2) is 6.76. The Morgan fingerprint density at radius 3 is 2.82 bits per heavy atom. The molecule has 0 unspecified atom stereocenters. The molecule has 28 heavy (non-hydrogen) atoms. The minimum absolute atomic E-state index is 0.0271. The van der Waals surface area contributed by atoms with E-state index in [1.807, 2.05) is 31.2 Å². The molecule has 7 nitrogen and oxygen atoms in total. The number of nitrogens with one attached hydrogen (secondary N) is 4. The van der Waals surface area contributed by atoms with E-state index in [1.165, 1.54) is 0 Å². The van der Waals surface area contributed by atoms with Crippen molar-refractivity contribution in [2.24, 2.45) is 0 Å². The molecule has 1 fully saturated rings. The molecule has 2 aromatic heterocycles. The normalized spacial score (nSPS) is 21.1. The fourth-order valence-corrected chi connectivity index (χ4v) is 4.15. The monoisotopic (exact) mass is 396 g/mol. The minimum atomic E-state index is -0.0271. The number of fused-ring (bicyclic) bond motifs is 2. The van der Waals surface area contributed by atoms with Crippen molar-refractivity contribution in [3.8, 4) is 11.3 Å². The van der Waals surface area contributed by atoms with Gasteiger partial charge in [0.25, 0.3) is 5.91 Å². The Morgan fingerprint density at radius 2 is 2.04 bits per heavy atom. The van der Waals surface area contributed by atoms with Gasteiger partial charge in [-0.1, -0.05) is 12.1 Å². The van der Waals surface area contributed by atoms with Crippen LogP contribution in [-0.4, -0.2) is 39.5 Å². The maximum absolute atomic E-state index is 12.1. The number of aryl methyl sites for hydroxylation is 1. The summed E-state index contributed by atoms with van der Waals surface area (Å²) in [7, 11) is 0. The predicted molar refractivity (Wildman–Crippen MR) is 110 cm³/mol. The molecule has 1 amide bonds. The lowest BCUT2D eigenvalue weighted by atomic mass is 9.87. The number of aromatic amines is 1. The summed E-state index contributed by atoms with van der Waals surface area (Å²) in [6.45, 7) is 2.63. The van der Waals surface area contributed by atoms with Gasteiger partial charge in [-0.25, -0.2) is 14.8 Å². The summed E-state index contributed by atoms with van der Waals surface area (Å²) in [6.07, 6.45) is 2.73.